The molecule has 0 aliphatic heterocycles. The van der Waals surface area contributed by atoms with Crippen molar-refractivity contribution in [3.8, 4) is 18.2 Å². The van der Waals surface area contributed by atoms with Crippen LogP contribution in [0.2, 0.25) is 0 Å². The highest BCUT2D eigenvalue weighted by Gasteiger charge is 2.54. The van der Waals surface area contributed by atoms with Gasteiger partial charge in [-0.25, -0.2) is 0 Å². The lowest BCUT2D eigenvalue weighted by Gasteiger charge is -2.43. The maximum atomic E-state index is 9.96. The summed E-state index contributed by atoms with van der Waals surface area (Å²) in [4.78, 5) is 0. The van der Waals surface area contributed by atoms with E-state index in [2.05, 4.69) is 23.3 Å². The van der Waals surface area contributed by atoms with Crippen LogP contribution < -0.4 is 5.73 Å². The summed E-state index contributed by atoms with van der Waals surface area (Å²) in [6.45, 7) is 4.67. The molecule has 0 saturated heterocycles. The van der Waals surface area contributed by atoms with E-state index >= 15 is 0 Å². The molecule has 0 fully saturated rings. The monoisotopic (exact) mass is 332 g/mol. The van der Waals surface area contributed by atoms with Crippen LogP contribution in [0.4, 0.5) is 0 Å². The largest absolute Gasteiger partial charge is 0.399 e. The molecular weight excluding hydrogens is 312 g/mol. The Morgan fingerprint density at radius 2 is 2.08 bits per heavy atom. The predicted octanol–water partition coefficient (Wildman–Crippen LogP) is 2.81. The van der Waals surface area contributed by atoms with Gasteiger partial charge in [0.2, 0.25) is 0 Å². The van der Waals surface area contributed by atoms with Crippen LogP contribution in [0.5, 0.6) is 0 Å². The zero-order chi connectivity index (χ0) is 18.2. The van der Waals surface area contributed by atoms with Crippen molar-refractivity contribution in [2.75, 3.05) is 0 Å². The third-order valence-corrected chi connectivity index (χ3v) is 5.57. The summed E-state index contributed by atoms with van der Waals surface area (Å²) in [5, 5.41) is 33.9. The van der Waals surface area contributed by atoms with Crippen molar-refractivity contribution >= 4 is 0 Å². The third kappa shape index (κ3) is 2.17. The Balaban J connectivity index is 2.34. The van der Waals surface area contributed by atoms with Gasteiger partial charge >= 0.3 is 0 Å². The van der Waals surface area contributed by atoms with Crippen LogP contribution in [0.15, 0.2) is 29.1 Å². The number of allylic oxidation sites excluding steroid dienone is 4. The van der Waals surface area contributed by atoms with Gasteiger partial charge in [-0.1, -0.05) is 6.08 Å². The van der Waals surface area contributed by atoms with E-state index in [-0.39, 0.29) is 11.6 Å². The number of hydrogen-bond acceptors (Lipinski definition) is 5. The predicted molar refractivity (Wildman–Crippen MR) is 91.3 cm³/mol. The lowest BCUT2D eigenvalue weighted by Crippen LogP contribution is -2.42. The molecule has 2 atom stereocenters. The number of fused-ring (bicyclic) bond motifs is 1. The molecule has 1 aromatic heterocycles. The molecule has 126 valence electrons. The van der Waals surface area contributed by atoms with Gasteiger partial charge in [-0.2, -0.15) is 20.9 Å². The van der Waals surface area contributed by atoms with Gasteiger partial charge in [0.05, 0.1) is 29.6 Å². The lowest BCUT2D eigenvalue weighted by atomic mass is 9.57. The quantitative estimate of drug-likeness (QED) is 0.894. The van der Waals surface area contributed by atoms with Gasteiger partial charge in [0.15, 0.2) is 5.41 Å². The van der Waals surface area contributed by atoms with Crippen molar-refractivity contribution < 1.29 is 0 Å². The minimum Gasteiger partial charge on any atom is -0.399 e. The van der Waals surface area contributed by atoms with E-state index in [0.717, 1.165) is 36.1 Å². The molecule has 2 N–H and O–H groups in total. The smallest absolute Gasteiger partial charge is 0.191 e. The second kappa shape index (κ2) is 6.11. The Morgan fingerprint density at radius 3 is 2.64 bits per heavy atom. The number of nitrogens with two attached hydrogens (primary N) is 1. The number of hydrogen-bond donors (Lipinski definition) is 1. The van der Waals surface area contributed by atoms with Crippen molar-refractivity contribution in [1.29, 1.82) is 15.8 Å². The standard InChI is InChI=1S/C19H20N6/c1-3-25-12(2)16(9-24-25)17-14-7-5-4-6-13(14)15(8-20)18(23)19(17,10-21)11-22/h6,9,14,17H,3-5,7,23H2,1-2H3/t14-,17+/m1/s1. The highest BCUT2D eigenvalue weighted by atomic mass is 15.3. The fraction of sp³-hybridized carbons (Fsp3) is 0.474. The molecule has 25 heavy (non-hydrogen) atoms. The van der Waals surface area contributed by atoms with E-state index in [1.165, 1.54) is 0 Å². The summed E-state index contributed by atoms with van der Waals surface area (Å²) in [5.74, 6) is -0.477. The molecule has 0 amide bonds. The summed E-state index contributed by atoms with van der Waals surface area (Å²) in [7, 11) is 0. The van der Waals surface area contributed by atoms with Gasteiger partial charge in [-0.3, -0.25) is 4.68 Å². The Bertz CT molecular complexity index is 882. The van der Waals surface area contributed by atoms with E-state index in [0.29, 0.717) is 12.1 Å². The molecule has 1 heterocycles. The molecule has 6 heteroatoms. The Hall–Kier alpha value is -3.04. The van der Waals surface area contributed by atoms with Gasteiger partial charge in [-0.05, 0) is 50.2 Å². The lowest BCUT2D eigenvalue weighted by molar-refractivity contribution is 0.316. The summed E-state index contributed by atoms with van der Waals surface area (Å²) < 4.78 is 1.86. The highest BCUT2D eigenvalue weighted by Crippen LogP contribution is 2.56. The molecule has 0 spiro atoms. The summed E-state index contributed by atoms with van der Waals surface area (Å²) in [5.41, 5.74) is 7.82. The van der Waals surface area contributed by atoms with E-state index in [4.69, 9.17) is 5.73 Å². The molecule has 6 nitrogen and oxygen atoms in total. The minimum absolute atomic E-state index is 0.0665. The van der Waals surface area contributed by atoms with E-state index in [1.807, 2.05) is 24.6 Å². The van der Waals surface area contributed by atoms with Gasteiger partial charge in [0.25, 0.3) is 0 Å². The van der Waals surface area contributed by atoms with Crippen molar-refractivity contribution in [3.63, 3.8) is 0 Å². The third-order valence-electron chi connectivity index (χ3n) is 5.57. The topological polar surface area (TPSA) is 115 Å². The van der Waals surface area contributed by atoms with Gasteiger partial charge in [0, 0.05) is 18.2 Å². The molecule has 3 rings (SSSR count). The van der Waals surface area contributed by atoms with Crippen molar-refractivity contribution in [2.24, 2.45) is 17.1 Å². The average Bonchev–Trinajstić information content (AvgIpc) is 3.01. The maximum Gasteiger partial charge on any atom is 0.191 e. The van der Waals surface area contributed by atoms with Gasteiger partial charge < -0.3 is 5.73 Å². The molecular formula is C19H20N6. The van der Waals surface area contributed by atoms with E-state index in [9.17, 15) is 15.8 Å². The molecule has 0 bridgehead atoms. The minimum atomic E-state index is -1.54. The molecule has 0 radical (unpaired) electrons. The second-order valence-corrected chi connectivity index (χ2v) is 6.61. The first-order valence-corrected chi connectivity index (χ1v) is 8.51. The molecule has 0 unspecified atom stereocenters. The van der Waals surface area contributed by atoms with Crippen LogP contribution in [0.3, 0.4) is 0 Å². The van der Waals surface area contributed by atoms with Crippen LogP contribution in [-0.2, 0) is 6.54 Å². The first kappa shape index (κ1) is 16.8. The zero-order valence-electron chi connectivity index (χ0n) is 14.5. The molecule has 0 saturated carbocycles. The summed E-state index contributed by atoms with van der Waals surface area (Å²) in [6.07, 6.45) is 6.49. The Morgan fingerprint density at radius 1 is 1.36 bits per heavy atom. The normalized spacial score (nSPS) is 24.5. The summed E-state index contributed by atoms with van der Waals surface area (Å²) in [6, 6.07) is 6.46. The Kier molecular flexibility index (Phi) is 4.11. The second-order valence-electron chi connectivity index (χ2n) is 6.61. The first-order chi connectivity index (χ1) is 12.1. The first-order valence-electron chi connectivity index (χ1n) is 8.51. The number of nitriles is 3. The number of rotatable bonds is 2. The average molecular weight is 332 g/mol. The fourth-order valence-corrected chi connectivity index (χ4v) is 4.30. The van der Waals surface area contributed by atoms with E-state index < -0.39 is 11.3 Å². The van der Waals surface area contributed by atoms with Crippen LogP contribution in [-0.4, -0.2) is 9.78 Å². The van der Waals surface area contributed by atoms with Crippen LogP contribution in [0.25, 0.3) is 0 Å². The molecule has 1 aromatic rings. The highest BCUT2D eigenvalue weighted by molar-refractivity contribution is 5.59. The summed E-state index contributed by atoms with van der Waals surface area (Å²) >= 11 is 0. The zero-order valence-corrected chi connectivity index (χ0v) is 14.5. The molecule has 2 aliphatic carbocycles. The maximum absolute atomic E-state index is 9.96. The molecule has 0 aromatic carbocycles. The number of nitrogens with zero attached hydrogens (tertiary/aromatic N) is 5. The molecule has 2 aliphatic rings. The van der Waals surface area contributed by atoms with Crippen molar-refractivity contribution in [1.82, 2.24) is 9.78 Å². The fourth-order valence-electron chi connectivity index (χ4n) is 4.30. The van der Waals surface area contributed by atoms with Crippen LogP contribution >= 0.6 is 0 Å². The number of aromatic nitrogens is 2. The Labute approximate surface area is 147 Å². The van der Waals surface area contributed by atoms with Crippen LogP contribution in [0, 0.1) is 52.2 Å². The van der Waals surface area contributed by atoms with Crippen molar-refractivity contribution in [3.05, 3.63) is 40.4 Å². The van der Waals surface area contributed by atoms with Gasteiger partial charge in [0.1, 0.15) is 6.07 Å². The van der Waals surface area contributed by atoms with Gasteiger partial charge in [-0.15, -0.1) is 0 Å². The van der Waals surface area contributed by atoms with Crippen molar-refractivity contribution in [2.45, 2.75) is 45.6 Å². The van der Waals surface area contributed by atoms with E-state index in [1.54, 1.807) is 6.20 Å². The van der Waals surface area contributed by atoms with Crippen LogP contribution in [0.1, 0.15) is 43.4 Å². The number of aryl methyl sites for hydroxylation is 1. The SMILES string of the molecule is CCn1ncc([C@@H]2[C@@H]3CCCC=C3C(C#N)=C(N)C2(C#N)C#N)c1C.